The fraction of sp³-hybridized carbons (Fsp3) is 0.286. The number of hydrogen-bond acceptors (Lipinski definition) is 3. The predicted octanol–water partition coefficient (Wildman–Crippen LogP) is 2.70. The van der Waals surface area contributed by atoms with E-state index in [1.54, 1.807) is 6.07 Å². The number of carboxylic acids is 1. The number of benzene rings is 1. The van der Waals surface area contributed by atoms with Crippen LogP contribution in [0.15, 0.2) is 24.3 Å². The average molecular weight is 245 g/mol. The molecule has 0 saturated heterocycles. The van der Waals surface area contributed by atoms with Crippen LogP contribution in [0.2, 0.25) is 0 Å². The molecule has 0 spiro atoms. The van der Waals surface area contributed by atoms with Gasteiger partial charge in [-0.1, -0.05) is 0 Å². The van der Waals surface area contributed by atoms with Gasteiger partial charge in [-0.15, -0.1) is 0 Å². The van der Waals surface area contributed by atoms with Crippen molar-refractivity contribution >= 4 is 16.9 Å². The molecule has 4 heteroatoms. The number of carboxylic acid groups (broad SMARTS) is 1. The highest BCUT2D eigenvalue weighted by atomic mass is 16.5. The fourth-order valence-corrected chi connectivity index (χ4v) is 1.87. The van der Waals surface area contributed by atoms with E-state index < -0.39 is 12.1 Å². The Balaban J connectivity index is 2.41. The smallest absolute Gasteiger partial charge is 0.344 e. The Bertz CT molecular complexity index is 607. The van der Waals surface area contributed by atoms with Crippen LogP contribution in [-0.2, 0) is 4.79 Å². The van der Waals surface area contributed by atoms with Gasteiger partial charge in [0.15, 0.2) is 6.10 Å². The molecule has 0 bridgehead atoms. The maximum Gasteiger partial charge on any atom is 0.344 e. The summed E-state index contributed by atoms with van der Waals surface area (Å²) in [6.45, 7) is 5.46. The van der Waals surface area contributed by atoms with E-state index in [1.165, 1.54) is 6.92 Å². The molecule has 0 aliphatic carbocycles. The fourth-order valence-electron chi connectivity index (χ4n) is 1.87. The molecule has 0 fully saturated rings. The van der Waals surface area contributed by atoms with Crippen molar-refractivity contribution in [3.8, 4) is 5.75 Å². The highest BCUT2D eigenvalue weighted by Gasteiger charge is 2.12. The molecule has 2 aromatic rings. The van der Waals surface area contributed by atoms with E-state index in [1.807, 2.05) is 32.0 Å². The van der Waals surface area contributed by atoms with Gasteiger partial charge in [0.25, 0.3) is 0 Å². The van der Waals surface area contributed by atoms with Gasteiger partial charge in [-0.2, -0.15) is 0 Å². The van der Waals surface area contributed by atoms with Crippen LogP contribution in [0.4, 0.5) is 0 Å². The number of carbonyl (C=O) groups is 1. The molecule has 4 nitrogen and oxygen atoms in total. The molecule has 0 saturated carbocycles. The Morgan fingerprint density at radius 1 is 1.33 bits per heavy atom. The lowest BCUT2D eigenvalue weighted by Crippen LogP contribution is -2.22. The Labute approximate surface area is 105 Å². The number of hydrogen-bond donors (Lipinski definition) is 1. The monoisotopic (exact) mass is 245 g/mol. The zero-order valence-electron chi connectivity index (χ0n) is 10.6. The summed E-state index contributed by atoms with van der Waals surface area (Å²) in [5, 5.41) is 9.79. The molecule has 94 valence electrons. The summed E-state index contributed by atoms with van der Waals surface area (Å²) >= 11 is 0. The summed E-state index contributed by atoms with van der Waals surface area (Å²) in [6, 6.07) is 7.41. The Morgan fingerprint density at radius 3 is 2.72 bits per heavy atom. The largest absolute Gasteiger partial charge is 0.479 e. The lowest BCUT2D eigenvalue weighted by Gasteiger charge is -2.11. The molecule has 1 atom stereocenters. The number of fused-ring (bicyclic) bond motifs is 1. The van der Waals surface area contributed by atoms with Gasteiger partial charge >= 0.3 is 5.97 Å². The first kappa shape index (κ1) is 12.4. The van der Waals surface area contributed by atoms with Gasteiger partial charge in [-0.25, -0.2) is 4.79 Å². The van der Waals surface area contributed by atoms with Crippen molar-refractivity contribution in [3.63, 3.8) is 0 Å². The van der Waals surface area contributed by atoms with Crippen LogP contribution in [-0.4, -0.2) is 22.2 Å². The molecular formula is C14H15NO3. The average Bonchev–Trinajstić information content (AvgIpc) is 2.29. The van der Waals surface area contributed by atoms with Gasteiger partial charge in [-0.05, 0) is 50.6 Å². The highest BCUT2D eigenvalue weighted by Crippen LogP contribution is 2.23. The van der Waals surface area contributed by atoms with E-state index in [2.05, 4.69) is 4.98 Å². The Morgan fingerprint density at radius 2 is 2.06 bits per heavy atom. The number of aliphatic carboxylic acids is 1. The minimum absolute atomic E-state index is 0.547. The summed E-state index contributed by atoms with van der Waals surface area (Å²) in [6.07, 6.45) is -0.860. The Hall–Kier alpha value is -2.10. The molecule has 0 aliphatic heterocycles. The van der Waals surface area contributed by atoms with Gasteiger partial charge in [0.05, 0.1) is 5.52 Å². The van der Waals surface area contributed by atoms with Gasteiger partial charge in [-0.3, -0.25) is 4.98 Å². The normalized spacial score (nSPS) is 12.4. The Kier molecular flexibility index (Phi) is 3.19. The van der Waals surface area contributed by atoms with Crippen LogP contribution in [0, 0.1) is 13.8 Å². The number of pyridine rings is 1. The van der Waals surface area contributed by atoms with Crippen LogP contribution in [0.5, 0.6) is 5.75 Å². The van der Waals surface area contributed by atoms with E-state index in [4.69, 9.17) is 9.84 Å². The number of ether oxygens (including phenoxy) is 1. The topological polar surface area (TPSA) is 59.4 Å². The molecule has 1 unspecified atom stereocenters. The summed E-state index contributed by atoms with van der Waals surface area (Å²) < 4.78 is 5.34. The highest BCUT2D eigenvalue weighted by molar-refractivity contribution is 5.83. The van der Waals surface area contributed by atoms with Crippen molar-refractivity contribution in [2.45, 2.75) is 26.9 Å². The van der Waals surface area contributed by atoms with Crippen LogP contribution in [0.3, 0.4) is 0 Å². The summed E-state index contributed by atoms with van der Waals surface area (Å²) in [5.41, 5.74) is 2.96. The molecule has 1 N–H and O–H groups in total. The molecule has 0 radical (unpaired) electrons. The first-order valence-electron chi connectivity index (χ1n) is 5.75. The van der Waals surface area contributed by atoms with E-state index in [9.17, 15) is 4.79 Å². The van der Waals surface area contributed by atoms with E-state index in [0.717, 1.165) is 22.2 Å². The van der Waals surface area contributed by atoms with Gasteiger partial charge in [0.2, 0.25) is 0 Å². The second kappa shape index (κ2) is 4.64. The van der Waals surface area contributed by atoms with Crippen molar-refractivity contribution in [2.24, 2.45) is 0 Å². The van der Waals surface area contributed by atoms with Crippen molar-refractivity contribution in [2.75, 3.05) is 0 Å². The number of aromatic nitrogens is 1. The van der Waals surface area contributed by atoms with Crippen LogP contribution < -0.4 is 4.74 Å². The lowest BCUT2D eigenvalue weighted by atomic mass is 10.1. The second-order valence-corrected chi connectivity index (χ2v) is 4.36. The van der Waals surface area contributed by atoms with Crippen molar-refractivity contribution in [1.82, 2.24) is 4.98 Å². The third kappa shape index (κ3) is 2.42. The van der Waals surface area contributed by atoms with E-state index >= 15 is 0 Å². The molecule has 2 rings (SSSR count). The number of nitrogens with zero attached hydrogens (tertiary/aromatic N) is 1. The maximum absolute atomic E-state index is 10.7. The number of rotatable bonds is 3. The summed E-state index contributed by atoms with van der Waals surface area (Å²) in [5.74, 6) is -0.431. The minimum Gasteiger partial charge on any atom is -0.479 e. The summed E-state index contributed by atoms with van der Waals surface area (Å²) in [7, 11) is 0. The van der Waals surface area contributed by atoms with Gasteiger partial charge in [0, 0.05) is 11.1 Å². The van der Waals surface area contributed by atoms with Crippen molar-refractivity contribution in [3.05, 3.63) is 35.5 Å². The first-order chi connectivity index (χ1) is 8.47. The maximum atomic E-state index is 10.7. The van der Waals surface area contributed by atoms with Crippen molar-refractivity contribution < 1.29 is 14.6 Å². The van der Waals surface area contributed by atoms with Gasteiger partial charge in [0.1, 0.15) is 5.75 Å². The SMILES string of the molecule is Cc1cc(C)c2cc(OC(C)C(=O)O)ccc2n1. The van der Waals surface area contributed by atoms with Gasteiger partial charge < -0.3 is 9.84 Å². The third-order valence-electron chi connectivity index (χ3n) is 2.78. The zero-order valence-corrected chi connectivity index (χ0v) is 10.6. The van der Waals surface area contributed by atoms with E-state index in [-0.39, 0.29) is 0 Å². The number of aryl methyl sites for hydroxylation is 2. The molecule has 1 heterocycles. The minimum atomic E-state index is -0.978. The molecule has 0 amide bonds. The van der Waals surface area contributed by atoms with Crippen LogP contribution in [0.1, 0.15) is 18.2 Å². The molecular weight excluding hydrogens is 230 g/mol. The first-order valence-corrected chi connectivity index (χ1v) is 5.75. The van der Waals surface area contributed by atoms with E-state index in [0.29, 0.717) is 5.75 Å². The third-order valence-corrected chi connectivity index (χ3v) is 2.78. The lowest BCUT2D eigenvalue weighted by molar-refractivity contribution is -0.144. The standard InChI is InChI=1S/C14H15NO3/c1-8-6-9(2)15-13-5-4-11(7-12(8)13)18-10(3)14(16)17/h4-7,10H,1-3H3,(H,16,17). The molecule has 1 aromatic heterocycles. The predicted molar refractivity (Wildman–Crippen MR) is 68.9 cm³/mol. The zero-order chi connectivity index (χ0) is 13.3. The van der Waals surface area contributed by atoms with Crippen molar-refractivity contribution in [1.29, 1.82) is 0 Å². The summed E-state index contributed by atoms with van der Waals surface area (Å²) in [4.78, 5) is 15.2. The van der Waals surface area contributed by atoms with Crippen LogP contribution >= 0.6 is 0 Å². The molecule has 1 aromatic carbocycles. The molecule has 18 heavy (non-hydrogen) atoms. The second-order valence-electron chi connectivity index (χ2n) is 4.36. The van der Waals surface area contributed by atoms with Crippen LogP contribution in [0.25, 0.3) is 10.9 Å². The quantitative estimate of drug-likeness (QED) is 0.903. The molecule has 0 aliphatic rings.